The largest absolute Gasteiger partial charge is 0.504 e. The first-order valence-corrected chi connectivity index (χ1v) is 10.8. The van der Waals surface area contributed by atoms with Crippen LogP contribution in [0.3, 0.4) is 0 Å². The van der Waals surface area contributed by atoms with Gasteiger partial charge in [0.05, 0.1) is 29.1 Å². The highest BCUT2D eigenvalue weighted by Gasteiger charge is 2.42. The lowest BCUT2D eigenvalue weighted by Crippen LogP contribution is -2.39. The molecule has 0 bridgehead atoms. The second-order valence-corrected chi connectivity index (χ2v) is 9.67. The third kappa shape index (κ3) is 3.83. The number of thiocarbonyl (C=S) groups is 1. The summed E-state index contributed by atoms with van der Waals surface area (Å²) in [5.74, 6) is 0.142. The molecule has 2 aliphatic rings. The van der Waals surface area contributed by atoms with Crippen molar-refractivity contribution in [3.63, 3.8) is 0 Å². The normalized spacial score (nSPS) is 24.3. The number of hydrogen-bond acceptors (Lipinski definition) is 7. The number of thioether (sulfide) groups is 1. The quantitative estimate of drug-likeness (QED) is 0.614. The number of sulfone groups is 1. The lowest BCUT2D eigenvalue weighted by atomic mass is 10.1. The zero-order chi connectivity index (χ0) is 18.2. The van der Waals surface area contributed by atoms with Gasteiger partial charge in [0.25, 0.3) is 5.91 Å². The van der Waals surface area contributed by atoms with Crippen molar-refractivity contribution in [3.8, 4) is 11.5 Å². The van der Waals surface area contributed by atoms with Gasteiger partial charge in [-0.2, -0.15) is 0 Å². The van der Waals surface area contributed by atoms with Gasteiger partial charge >= 0.3 is 0 Å². The van der Waals surface area contributed by atoms with E-state index < -0.39 is 9.84 Å². The summed E-state index contributed by atoms with van der Waals surface area (Å²) in [6.07, 6.45) is 2.08. The molecule has 2 saturated heterocycles. The fourth-order valence-corrected chi connectivity index (χ4v) is 5.92. The maximum Gasteiger partial charge on any atom is 0.266 e. The highest BCUT2D eigenvalue weighted by molar-refractivity contribution is 8.26. The molecule has 6 nitrogen and oxygen atoms in total. The molecule has 2 aliphatic heterocycles. The molecule has 0 radical (unpaired) electrons. The van der Waals surface area contributed by atoms with Gasteiger partial charge in [0.1, 0.15) is 4.32 Å². The molecule has 0 aromatic heterocycles. The van der Waals surface area contributed by atoms with Gasteiger partial charge in [-0.1, -0.05) is 30.0 Å². The molecular formula is C16H17NO5S3. The Balaban J connectivity index is 1.84. The number of phenols is 1. The topological polar surface area (TPSA) is 83.9 Å². The van der Waals surface area contributed by atoms with Crippen molar-refractivity contribution in [2.45, 2.75) is 19.4 Å². The van der Waals surface area contributed by atoms with Crippen LogP contribution >= 0.6 is 24.0 Å². The Bertz CT molecular complexity index is 863. The van der Waals surface area contributed by atoms with E-state index in [0.29, 0.717) is 33.6 Å². The molecule has 134 valence electrons. The van der Waals surface area contributed by atoms with Crippen LogP contribution in [-0.2, 0) is 14.6 Å². The van der Waals surface area contributed by atoms with Crippen molar-refractivity contribution in [2.75, 3.05) is 18.1 Å². The van der Waals surface area contributed by atoms with Gasteiger partial charge in [0.15, 0.2) is 21.3 Å². The van der Waals surface area contributed by atoms with Crippen LogP contribution in [0.25, 0.3) is 6.08 Å². The summed E-state index contributed by atoms with van der Waals surface area (Å²) >= 11 is 6.44. The maximum atomic E-state index is 12.7. The van der Waals surface area contributed by atoms with E-state index in [1.807, 2.05) is 6.92 Å². The van der Waals surface area contributed by atoms with E-state index >= 15 is 0 Å². The molecule has 2 heterocycles. The lowest BCUT2D eigenvalue weighted by molar-refractivity contribution is -0.123. The molecule has 25 heavy (non-hydrogen) atoms. The number of nitrogens with zero attached hydrogens (tertiary/aromatic N) is 1. The third-order valence-corrected chi connectivity index (χ3v) is 7.06. The molecule has 0 aliphatic carbocycles. The smallest absolute Gasteiger partial charge is 0.266 e. The number of amides is 1. The number of phenolic OH excluding ortho intramolecular Hbond substituents is 1. The van der Waals surface area contributed by atoms with Gasteiger partial charge in [-0.3, -0.25) is 9.69 Å². The number of carbonyl (C=O) groups excluding carboxylic acids is 1. The van der Waals surface area contributed by atoms with Crippen molar-refractivity contribution in [2.24, 2.45) is 0 Å². The molecule has 3 rings (SSSR count). The molecule has 0 saturated carbocycles. The van der Waals surface area contributed by atoms with Crippen LogP contribution in [0.1, 0.15) is 18.9 Å². The monoisotopic (exact) mass is 399 g/mol. The van der Waals surface area contributed by atoms with Crippen molar-refractivity contribution >= 4 is 50.1 Å². The second-order valence-electron chi connectivity index (χ2n) is 5.77. The summed E-state index contributed by atoms with van der Waals surface area (Å²) < 4.78 is 29.1. The first kappa shape index (κ1) is 18.2. The van der Waals surface area contributed by atoms with E-state index in [2.05, 4.69) is 0 Å². The van der Waals surface area contributed by atoms with Gasteiger partial charge in [0.2, 0.25) is 0 Å². The summed E-state index contributed by atoms with van der Waals surface area (Å²) in [6.45, 7) is 2.22. The molecule has 2 fully saturated rings. The summed E-state index contributed by atoms with van der Waals surface area (Å²) in [6, 6.07) is 4.43. The number of hydrogen-bond donors (Lipinski definition) is 1. The van der Waals surface area contributed by atoms with Gasteiger partial charge in [-0.25, -0.2) is 8.42 Å². The van der Waals surface area contributed by atoms with Crippen molar-refractivity contribution < 1.29 is 23.1 Å². The Morgan fingerprint density at radius 2 is 2.24 bits per heavy atom. The van der Waals surface area contributed by atoms with Crippen molar-refractivity contribution in [3.05, 3.63) is 28.7 Å². The van der Waals surface area contributed by atoms with Crippen LogP contribution in [0.4, 0.5) is 0 Å². The summed E-state index contributed by atoms with van der Waals surface area (Å²) in [5.41, 5.74) is 0.695. The van der Waals surface area contributed by atoms with E-state index in [4.69, 9.17) is 17.0 Å². The van der Waals surface area contributed by atoms with Crippen molar-refractivity contribution in [1.82, 2.24) is 4.90 Å². The summed E-state index contributed by atoms with van der Waals surface area (Å²) in [5, 5.41) is 9.75. The zero-order valence-electron chi connectivity index (χ0n) is 13.5. The van der Waals surface area contributed by atoms with Crippen LogP contribution in [0, 0.1) is 0 Å². The minimum Gasteiger partial charge on any atom is -0.504 e. The number of carbonyl (C=O) groups is 1. The van der Waals surface area contributed by atoms with Gasteiger partial charge < -0.3 is 9.84 Å². The highest BCUT2D eigenvalue weighted by Crippen LogP contribution is 2.37. The third-order valence-electron chi connectivity index (χ3n) is 3.98. The van der Waals surface area contributed by atoms with Crippen LogP contribution < -0.4 is 4.74 Å². The Morgan fingerprint density at radius 3 is 2.88 bits per heavy atom. The van der Waals surface area contributed by atoms with Crippen LogP contribution in [0.2, 0.25) is 0 Å². The molecule has 1 aromatic carbocycles. The lowest BCUT2D eigenvalue weighted by Gasteiger charge is -2.20. The highest BCUT2D eigenvalue weighted by atomic mass is 32.2. The van der Waals surface area contributed by atoms with E-state index in [-0.39, 0.29) is 29.2 Å². The van der Waals surface area contributed by atoms with Gasteiger partial charge in [0, 0.05) is 0 Å². The predicted molar refractivity (Wildman–Crippen MR) is 101 cm³/mol. The molecule has 0 spiro atoms. The maximum absolute atomic E-state index is 12.7. The molecule has 1 aromatic rings. The standard InChI is InChI=1S/C16H17NO5S3/c1-2-22-13-7-10(3-4-12(13)18)8-14-15(19)17(16(23)24-14)11-5-6-25(20,21)9-11/h3-4,7-8,11,18H,2,5-6,9H2,1H3/b14-8-/t11-/m1/s1. The minimum absolute atomic E-state index is 0.0303. The van der Waals surface area contributed by atoms with E-state index in [0.717, 1.165) is 11.8 Å². The van der Waals surface area contributed by atoms with E-state index in [1.54, 1.807) is 18.2 Å². The van der Waals surface area contributed by atoms with Crippen LogP contribution in [0.15, 0.2) is 23.1 Å². The van der Waals surface area contributed by atoms with Gasteiger partial charge in [-0.05, 0) is 37.1 Å². The van der Waals surface area contributed by atoms with Crippen LogP contribution in [-0.4, -0.2) is 52.8 Å². The summed E-state index contributed by atoms with van der Waals surface area (Å²) in [7, 11) is -3.10. The zero-order valence-corrected chi connectivity index (χ0v) is 15.9. The average molecular weight is 400 g/mol. The minimum atomic E-state index is -3.10. The Kier molecular flexibility index (Phi) is 5.08. The average Bonchev–Trinajstić information content (AvgIpc) is 3.02. The predicted octanol–water partition coefficient (Wildman–Crippen LogP) is 2.18. The van der Waals surface area contributed by atoms with Crippen LogP contribution in [0.5, 0.6) is 11.5 Å². The molecular weight excluding hydrogens is 382 g/mol. The second kappa shape index (κ2) is 6.97. The number of aromatic hydroxyl groups is 1. The Labute approximate surface area is 155 Å². The SMILES string of the molecule is CCOc1cc(/C=C2\SC(=S)N([C@@H]3CCS(=O)(=O)C3)C2=O)ccc1O. The molecule has 1 atom stereocenters. The van der Waals surface area contributed by atoms with Gasteiger partial charge in [-0.15, -0.1) is 0 Å². The molecule has 0 unspecified atom stereocenters. The van der Waals surface area contributed by atoms with E-state index in [1.165, 1.54) is 11.0 Å². The Morgan fingerprint density at radius 1 is 1.48 bits per heavy atom. The Hall–Kier alpha value is -1.58. The fraction of sp³-hybridized carbons (Fsp3) is 0.375. The number of benzene rings is 1. The molecule has 1 N–H and O–H groups in total. The first-order chi connectivity index (χ1) is 11.8. The fourth-order valence-electron chi connectivity index (χ4n) is 2.82. The van der Waals surface area contributed by atoms with Crippen molar-refractivity contribution in [1.29, 1.82) is 0 Å². The number of rotatable bonds is 4. The molecule has 1 amide bonds. The van der Waals surface area contributed by atoms with E-state index in [9.17, 15) is 18.3 Å². The first-order valence-electron chi connectivity index (χ1n) is 7.74. The number of ether oxygens (including phenoxy) is 1. The molecule has 9 heteroatoms. The summed E-state index contributed by atoms with van der Waals surface area (Å²) in [4.78, 5) is 14.5.